The van der Waals surface area contributed by atoms with Crippen molar-refractivity contribution in [3.05, 3.63) is 0 Å². The van der Waals surface area contributed by atoms with Crippen molar-refractivity contribution in [1.29, 1.82) is 0 Å². The average Bonchev–Trinajstić information content (AvgIpc) is 2.49. The predicted octanol–water partition coefficient (Wildman–Crippen LogP) is 0.688. The number of amides is 3. The summed E-state index contributed by atoms with van der Waals surface area (Å²) in [6.07, 6.45) is 5.22. The molecular formula is C16H29N3O5. The molecule has 0 unspecified atom stereocenters. The minimum Gasteiger partial charge on any atom is -0.481 e. The first-order chi connectivity index (χ1) is 11.4. The number of nitrogens with two attached hydrogens (primary N) is 1. The molecule has 8 nitrogen and oxygen atoms in total. The van der Waals surface area contributed by atoms with Crippen LogP contribution in [0.2, 0.25) is 0 Å². The van der Waals surface area contributed by atoms with Crippen LogP contribution in [0.3, 0.4) is 0 Å². The van der Waals surface area contributed by atoms with E-state index < -0.39 is 23.8 Å². The molecule has 0 aromatic rings. The van der Waals surface area contributed by atoms with Gasteiger partial charge in [0.1, 0.15) is 6.04 Å². The zero-order valence-corrected chi connectivity index (χ0v) is 14.3. The summed E-state index contributed by atoms with van der Waals surface area (Å²) in [5, 5.41) is 13.6. The van der Waals surface area contributed by atoms with E-state index in [1.807, 2.05) is 0 Å². The molecule has 0 rings (SSSR count). The Bertz CT molecular complexity index is 426. The molecule has 24 heavy (non-hydrogen) atoms. The molecule has 8 heteroatoms. The molecule has 5 N–H and O–H groups in total. The molecule has 0 aromatic heterocycles. The van der Waals surface area contributed by atoms with E-state index in [0.29, 0.717) is 6.42 Å². The van der Waals surface area contributed by atoms with Gasteiger partial charge in [0, 0.05) is 19.4 Å². The van der Waals surface area contributed by atoms with Gasteiger partial charge in [-0.05, 0) is 12.8 Å². The molecule has 0 aliphatic carbocycles. The molecule has 1 atom stereocenters. The number of carbonyl (C=O) groups is 4. The van der Waals surface area contributed by atoms with Crippen LogP contribution in [-0.4, -0.2) is 41.4 Å². The zero-order valence-electron chi connectivity index (χ0n) is 14.3. The van der Waals surface area contributed by atoms with Gasteiger partial charge in [-0.15, -0.1) is 0 Å². The number of carboxylic acids is 1. The maximum Gasteiger partial charge on any atom is 0.303 e. The number of hydrogen-bond acceptors (Lipinski definition) is 4. The highest BCUT2D eigenvalue weighted by Crippen LogP contribution is 2.05. The Morgan fingerprint density at radius 1 is 1.00 bits per heavy atom. The molecule has 0 heterocycles. The van der Waals surface area contributed by atoms with E-state index >= 15 is 0 Å². The van der Waals surface area contributed by atoms with E-state index in [2.05, 4.69) is 17.6 Å². The number of rotatable bonds is 14. The third kappa shape index (κ3) is 12.4. The van der Waals surface area contributed by atoms with Gasteiger partial charge < -0.3 is 21.5 Å². The lowest BCUT2D eigenvalue weighted by Gasteiger charge is -2.17. The van der Waals surface area contributed by atoms with Gasteiger partial charge in [-0.3, -0.25) is 19.2 Å². The fraction of sp³-hybridized carbons (Fsp3) is 0.750. The molecule has 138 valence electrons. The maximum absolute atomic E-state index is 12.0. The van der Waals surface area contributed by atoms with Crippen LogP contribution in [-0.2, 0) is 19.2 Å². The van der Waals surface area contributed by atoms with Gasteiger partial charge in [-0.25, -0.2) is 0 Å². The third-order valence-corrected chi connectivity index (χ3v) is 3.43. The Kier molecular flexibility index (Phi) is 12.2. The van der Waals surface area contributed by atoms with Crippen LogP contribution in [0, 0.1) is 0 Å². The van der Waals surface area contributed by atoms with Crippen molar-refractivity contribution in [3.63, 3.8) is 0 Å². The number of hydrogen-bond donors (Lipinski definition) is 4. The Hall–Kier alpha value is -2.12. The van der Waals surface area contributed by atoms with Gasteiger partial charge in [-0.2, -0.15) is 0 Å². The van der Waals surface area contributed by atoms with E-state index in [0.717, 1.165) is 32.1 Å². The normalized spacial score (nSPS) is 11.5. The van der Waals surface area contributed by atoms with Crippen LogP contribution in [0.5, 0.6) is 0 Å². The molecule has 0 aromatic carbocycles. The van der Waals surface area contributed by atoms with E-state index in [-0.39, 0.29) is 31.7 Å². The van der Waals surface area contributed by atoms with Crippen molar-refractivity contribution in [2.45, 2.75) is 70.8 Å². The van der Waals surface area contributed by atoms with E-state index in [9.17, 15) is 19.2 Å². The quantitative estimate of drug-likeness (QED) is 0.344. The number of carboxylic acid groups (broad SMARTS) is 1. The molecule has 0 aliphatic rings. The van der Waals surface area contributed by atoms with Gasteiger partial charge in [0.05, 0.1) is 6.42 Å². The van der Waals surface area contributed by atoms with Gasteiger partial charge in [0.2, 0.25) is 17.7 Å². The summed E-state index contributed by atoms with van der Waals surface area (Å²) in [5.41, 5.74) is 5.11. The highest BCUT2D eigenvalue weighted by atomic mass is 16.4. The number of carbonyl (C=O) groups excluding carboxylic acids is 3. The average molecular weight is 343 g/mol. The first kappa shape index (κ1) is 21.9. The summed E-state index contributed by atoms with van der Waals surface area (Å²) in [4.78, 5) is 45.3. The fourth-order valence-corrected chi connectivity index (χ4v) is 2.14. The zero-order chi connectivity index (χ0) is 18.4. The van der Waals surface area contributed by atoms with Crippen LogP contribution in [0.4, 0.5) is 0 Å². The van der Waals surface area contributed by atoms with Crippen molar-refractivity contribution in [2.24, 2.45) is 5.73 Å². The van der Waals surface area contributed by atoms with E-state index in [1.54, 1.807) is 0 Å². The molecule has 0 saturated carbocycles. The molecule has 3 amide bonds. The predicted molar refractivity (Wildman–Crippen MR) is 89.0 cm³/mol. The van der Waals surface area contributed by atoms with Gasteiger partial charge in [-0.1, -0.05) is 32.6 Å². The lowest BCUT2D eigenvalue weighted by atomic mass is 10.1. The highest BCUT2D eigenvalue weighted by molar-refractivity contribution is 5.91. The molecule has 0 saturated heterocycles. The lowest BCUT2D eigenvalue weighted by molar-refractivity contribution is -0.137. The van der Waals surface area contributed by atoms with Crippen LogP contribution in [0.1, 0.15) is 64.7 Å². The molecule has 0 spiro atoms. The number of unbranched alkanes of at least 4 members (excludes halogenated alkanes) is 4. The smallest absolute Gasteiger partial charge is 0.303 e. The van der Waals surface area contributed by atoms with Crippen LogP contribution in [0.25, 0.3) is 0 Å². The van der Waals surface area contributed by atoms with E-state index in [4.69, 9.17) is 10.8 Å². The topological polar surface area (TPSA) is 139 Å². The van der Waals surface area contributed by atoms with Crippen molar-refractivity contribution in [1.82, 2.24) is 10.6 Å². The first-order valence-electron chi connectivity index (χ1n) is 8.44. The third-order valence-electron chi connectivity index (χ3n) is 3.43. The second-order valence-corrected chi connectivity index (χ2v) is 5.74. The molecular weight excluding hydrogens is 314 g/mol. The lowest BCUT2D eigenvalue weighted by Crippen LogP contribution is -2.48. The van der Waals surface area contributed by atoms with Gasteiger partial charge in [0.25, 0.3) is 0 Å². The van der Waals surface area contributed by atoms with Crippen LogP contribution in [0.15, 0.2) is 0 Å². The Morgan fingerprint density at radius 2 is 1.67 bits per heavy atom. The monoisotopic (exact) mass is 343 g/mol. The number of aliphatic carboxylic acids is 1. The summed E-state index contributed by atoms with van der Waals surface area (Å²) >= 11 is 0. The minimum absolute atomic E-state index is 0.0646. The van der Waals surface area contributed by atoms with Gasteiger partial charge >= 0.3 is 5.97 Å². The SMILES string of the molecule is CCCCCCCC(=O)N[C@H](CC(N)=O)C(=O)NCCCC(=O)O. The largest absolute Gasteiger partial charge is 0.481 e. The summed E-state index contributed by atoms with van der Waals surface area (Å²) in [6, 6.07) is -1.02. The first-order valence-corrected chi connectivity index (χ1v) is 8.44. The number of primary amides is 1. The van der Waals surface area contributed by atoms with Gasteiger partial charge in [0.15, 0.2) is 0 Å². The van der Waals surface area contributed by atoms with Crippen molar-refractivity contribution < 1.29 is 24.3 Å². The highest BCUT2D eigenvalue weighted by Gasteiger charge is 2.22. The Labute approximate surface area is 142 Å². The summed E-state index contributed by atoms with van der Waals surface area (Å²) in [7, 11) is 0. The van der Waals surface area contributed by atoms with Crippen LogP contribution < -0.4 is 16.4 Å². The summed E-state index contributed by atoms with van der Waals surface area (Å²) in [5.74, 6) is -2.46. The summed E-state index contributed by atoms with van der Waals surface area (Å²) in [6.45, 7) is 2.27. The second-order valence-electron chi connectivity index (χ2n) is 5.74. The van der Waals surface area contributed by atoms with Crippen molar-refractivity contribution in [2.75, 3.05) is 6.54 Å². The Morgan fingerprint density at radius 3 is 2.25 bits per heavy atom. The molecule has 0 bridgehead atoms. The second kappa shape index (κ2) is 13.3. The minimum atomic E-state index is -1.02. The van der Waals surface area contributed by atoms with Crippen molar-refractivity contribution in [3.8, 4) is 0 Å². The molecule has 0 fully saturated rings. The molecule has 0 radical (unpaired) electrons. The van der Waals surface area contributed by atoms with Crippen LogP contribution >= 0.6 is 0 Å². The summed E-state index contributed by atoms with van der Waals surface area (Å²) < 4.78 is 0. The Balaban J connectivity index is 4.23. The van der Waals surface area contributed by atoms with Crippen molar-refractivity contribution >= 4 is 23.7 Å². The standard InChI is InChI=1S/C16H29N3O5/c1-2-3-4-5-6-8-14(21)19-12(11-13(17)20)16(24)18-10-7-9-15(22)23/h12H,2-11H2,1H3,(H2,17,20)(H,18,24)(H,19,21)(H,22,23)/t12-/m1/s1. The van der Waals surface area contributed by atoms with E-state index in [1.165, 1.54) is 0 Å². The fourth-order valence-electron chi connectivity index (χ4n) is 2.14. The maximum atomic E-state index is 12.0. The number of nitrogens with one attached hydrogen (secondary N) is 2. The molecule has 0 aliphatic heterocycles.